The molecule has 2 aromatic rings. The van der Waals surface area contributed by atoms with Crippen molar-refractivity contribution in [2.45, 2.75) is 39.3 Å². The molecular formula is C24H32N4O2. The van der Waals surface area contributed by atoms with Gasteiger partial charge >= 0.3 is 0 Å². The van der Waals surface area contributed by atoms with Crippen molar-refractivity contribution in [3.63, 3.8) is 0 Å². The van der Waals surface area contributed by atoms with Crippen LogP contribution in [0.25, 0.3) is 0 Å². The smallest absolute Gasteiger partial charge is 0.222 e. The molecule has 0 saturated carbocycles. The Morgan fingerprint density at radius 1 is 1.10 bits per heavy atom. The summed E-state index contributed by atoms with van der Waals surface area (Å²) < 4.78 is 5.19. The number of rotatable bonds is 8. The van der Waals surface area contributed by atoms with Crippen LogP contribution < -0.4 is 15.4 Å². The number of fused-ring (bicyclic) bond motifs is 1. The lowest BCUT2D eigenvalue weighted by molar-refractivity contribution is -0.132. The lowest BCUT2D eigenvalue weighted by Crippen LogP contribution is -2.39. The Hall–Kier alpha value is -3.02. The van der Waals surface area contributed by atoms with E-state index in [0.29, 0.717) is 19.5 Å². The molecule has 6 heteroatoms. The third-order valence-electron chi connectivity index (χ3n) is 5.27. The van der Waals surface area contributed by atoms with Gasteiger partial charge in [0.1, 0.15) is 5.75 Å². The summed E-state index contributed by atoms with van der Waals surface area (Å²) in [5, 5.41) is 6.59. The molecule has 2 N–H and O–H groups in total. The van der Waals surface area contributed by atoms with Crippen LogP contribution in [0, 0.1) is 0 Å². The second-order valence-corrected chi connectivity index (χ2v) is 7.41. The normalized spacial score (nSPS) is 13.5. The number of benzene rings is 2. The molecule has 0 unspecified atom stereocenters. The first-order valence-corrected chi connectivity index (χ1v) is 10.7. The average molecular weight is 409 g/mol. The van der Waals surface area contributed by atoms with Gasteiger partial charge in [-0.2, -0.15) is 0 Å². The van der Waals surface area contributed by atoms with E-state index in [1.807, 2.05) is 42.2 Å². The molecule has 160 valence electrons. The van der Waals surface area contributed by atoms with E-state index in [1.165, 1.54) is 11.1 Å². The molecular weight excluding hydrogens is 376 g/mol. The monoisotopic (exact) mass is 408 g/mol. The van der Waals surface area contributed by atoms with E-state index in [9.17, 15) is 4.79 Å². The average Bonchev–Trinajstić information content (AvgIpc) is 2.80. The van der Waals surface area contributed by atoms with Crippen LogP contribution in [0.2, 0.25) is 0 Å². The SMILES string of the molecule is CCNC(=NCc1ccc(OC)cc1)NCCCC(=O)N1CCc2ccccc2C1. The van der Waals surface area contributed by atoms with Crippen molar-refractivity contribution in [3.8, 4) is 5.75 Å². The van der Waals surface area contributed by atoms with Gasteiger partial charge in [-0.05, 0) is 48.6 Å². The van der Waals surface area contributed by atoms with Crippen LogP contribution >= 0.6 is 0 Å². The second-order valence-electron chi connectivity index (χ2n) is 7.41. The molecule has 1 aliphatic heterocycles. The van der Waals surface area contributed by atoms with Gasteiger partial charge in [0, 0.05) is 32.6 Å². The number of ether oxygens (including phenoxy) is 1. The van der Waals surface area contributed by atoms with Crippen LogP contribution in [0.4, 0.5) is 0 Å². The van der Waals surface area contributed by atoms with Crippen LogP contribution in [0.3, 0.4) is 0 Å². The number of guanidine groups is 1. The van der Waals surface area contributed by atoms with E-state index in [2.05, 4.69) is 33.8 Å². The molecule has 0 aliphatic carbocycles. The highest BCUT2D eigenvalue weighted by molar-refractivity contribution is 5.80. The predicted molar refractivity (Wildman–Crippen MR) is 121 cm³/mol. The Balaban J connectivity index is 1.42. The summed E-state index contributed by atoms with van der Waals surface area (Å²) in [7, 11) is 1.66. The van der Waals surface area contributed by atoms with Gasteiger partial charge in [-0.1, -0.05) is 36.4 Å². The number of carbonyl (C=O) groups excluding carboxylic acids is 1. The quantitative estimate of drug-likeness (QED) is 0.400. The fourth-order valence-electron chi connectivity index (χ4n) is 3.56. The first-order valence-electron chi connectivity index (χ1n) is 10.7. The molecule has 30 heavy (non-hydrogen) atoms. The highest BCUT2D eigenvalue weighted by atomic mass is 16.5. The number of nitrogens with zero attached hydrogens (tertiary/aromatic N) is 2. The van der Waals surface area contributed by atoms with E-state index in [-0.39, 0.29) is 5.91 Å². The lowest BCUT2D eigenvalue weighted by atomic mass is 9.99. The van der Waals surface area contributed by atoms with Gasteiger partial charge in [0.25, 0.3) is 0 Å². The van der Waals surface area contributed by atoms with Crippen molar-refractivity contribution in [1.29, 1.82) is 0 Å². The second kappa shape index (κ2) is 11.2. The third-order valence-corrected chi connectivity index (χ3v) is 5.27. The van der Waals surface area contributed by atoms with Crippen molar-refractivity contribution in [2.24, 2.45) is 4.99 Å². The van der Waals surface area contributed by atoms with Crippen molar-refractivity contribution < 1.29 is 9.53 Å². The Labute approximate surface area is 179 Å². The lowest BCUT2D eigenvalue weighted by Gasteiger charge is -2.29. The van der Waals surface area contributed by atoms with Gasteiger partial charge in [-0.15, -0.1) is 0 Å². The van der Waals surface area contributed by atoms with Gasteiger partial charge < -0.3 is 20.3 Å². The van der Waals surface area contributed by atoms with E-state index in [1.54, 1.807) is 7.11 Å². The number of aliphatic imine (C=N–C) groups is 1. The standard InChI is InChI=1S/C24H32N4O2/c1-3-25-24(27-17-19-10-12-22(30-2)13-11-19)26-15-6-9-23(29)28-16-14-20-7-4-5-8-21(20)18-28/h4-5,7-8,10-13H,3,6,9,14-18H2,1-2H3,(H2,25,26,27). The molecule has 0 bridgehead atoms. The minimum absolute atomic E-state index is 0.228. The zero-order valence-corrected chi connectivity index (χ0v) is 18.0. The van der Waals surface area contributed by atoms with Gasteiger partial charge in [0.15, 0.2) is 5.96 Å². The zero-order valence-electron chi connectivity index (χ0n) is 18.0. The summed E-state index contributed by atoms with van der Waals surface area (Å²) in [4.78, 5) is 19.2. The summed E-state index contributed by atoms with van der Waals surface area (Å²) in [6.45, 7) is 5.68. The summed E-state index contributed by atoms with van der Waals surface area (Å²) in [6.07, 6.45) is 2.28. The molecule has 0 fully saturated rings. The van der Waals surface area contributed by atoms with E-state index < -0.39 is 0 Å². The number of nitrogens with one attached hydrogen (secondary N) is 2. The van der Waals surface area contributed by atoms with E-state index >= 15 is 0 Å². The van der Waals surface area contributed by atoms with Crippen LogP contribution in [-0.4, -0.2) is 43.5 Å². The highest BCUT2D eigenvalue weighted by Crippen LogP contribution is 2.19. The first-order chi connectivity index (χ1) is 14.7. The zero-order chi connectivity index (χ0) is 21.2. The molecule has 1 aliphatic rings. The van der Waals surface area contributed by atoms with Crippen molar-refractivity contribution in [3.05, 3.63) is 65.2 Å². The molecule has 0 radical (unpaired) electrons. The third kappa shape index (κ3) is 6.24. The molecule has 0 spiro atoms. The van der Waals surface area contributed by atoms with E-state index in [4.69, 9.17) is 4.74 Å². The van der Waals surface area contributed by atoms with Crippen LogP contribution in [0.1, 0.15) is 36.5 Å². The summed E-state index contributed by atoms with van der Waals surface area (Å²) >= 11 is 0. The van der Waals surface area contributed by atoms with Crippen molar-refractivity contribution in [2.75, 3.05) is 26.7 Å². The van der Waals surface area contributed by atoms with E-state index in [0.717, 1.165) is 49.7 Å². The van der Waals surface area contributed by atoms with Crippen molar-refractivity contribution >= 4 is 11.9 Å². The summed E-state index contributed by atoms with van der Waals surface area (Å²) in [5.74, 6) is 1.84. The number of methoxy groups -OCH3 is 1. The minimum atomic E-state index is 0.228. The van der Waals surface area contributed by atoms with Gasteiger partial charge in [0.05, 0.1) is 13.7 Å². The predicted octanol–water partition coefficient (Wildman–Crippen LogP) is 3.12. The van der Waals surface area contributed by atoms with Crippen LogP contribution in [0.5, 0.6) is 5.75 Å². The molecule has 0 atom stereocenters. The maximum absolute atomic E-state index is 12.6. The maximum Gasteiger partial charge on any atom is 0.222 e. The highest BCUT2D eigenvalue weighted by Gasteiger charge is 2.19. The Morgan fingerprint density at radius 3 is 2.60 bits per heavy atom. The molecule has 3 rings (SSSR count). The molecule has 2 aromatic carbocycles. The first kappa shape index (κ1) is 21.7. The van der Waals surface area contributed by atoms with Gasteiger partial charge in [0.2, 0.25) is 5.91 Å². The molecule has 1 amide bonds. The molecule has 1 heterocycles. The topological polar surface area (TPSA) is 66.0 Å². The Kier molecular flexibility index (Phi) is 8.12. The van der Waals surface area contributed by atoms with Crippen LogP contribution in [-0.2, 0) is 24.3 Å². The number of hydrogen-bond acceptors (Lipinski definition) is 3. The number of hydrogen-bond donors (Lipinski definition) is 2. The number of amides is 1. The summed E-state index contributed by atoms with van der Waals surface area (Å²) in [5.41, 5.74) is 3.76. The fraction of sp³-hybridized carbons (Fsp3) is 0.417. The maximum atomic E-state index is 12.6. The number of carbonyl (C=O) groups is 1. The Morgan fingerprint density at radius 2 is 1.87 bits per heavy atom. The Bertz CT molecular complexity index is 849. The fourth-order valence-corrected chi connectivity index (χ4v) is 3.56. The molecule has 0 saturated heterocycles. The molecule has 0 aromatic heterocycles. The van der Waals surface area contributed by atoms with Gasteiger partial charge in [-0.25, -0.2) is 4.99 Å². The van der Waals surface area contributed by atoms with Gasteiger partial charge in [-0.3, -0.25) is 4.79 Å². The largest absolute Gasteiger partial charge is 0.497 e. The van der Waals surface area contributed by atoms with Crippen molar-refractivity contribution in [1.82, 2.24) is 15.5 Å². The minimum Gasteiger partial charge on any atom is -0.497 e. The molecule has 6 nitrogen and oxygen atoms in total. The summed E-state index contributed by atoms with van der Waals surface area (Å²) in [6, 6.07) is 16.3. The van der Waals surface area contributed by atoms with Crippen LogP contribution in [0.15, 0.2) is 53.5 Å².